The highest BCUT2D eigenvalue weighted by atomic mass is 15.3. The molecule has 0 saturated heterocycles. The van der Waals surface area contributed by atoms with Crippen molar-refractivity contribution in [2.45, 2.75) is 33.7 Å². The van der Waals surface area contributed by atoms with Gasteiger partial charge in [-0.15, -0.1) is 0 Å². The summed E-state index contributed by atoms with van der Waals surface area (Å²) in [6.07, 6.45) is 4.82. The van der Waals surface area contributed by atoms with Crippen molar-refractivity contribution in [3.63, 3.8) is 0 Å². The van der Waals surface area contributed by atoms with Crippen LogP contribution in [0.4, 0.5) is 5.82 Å². The Morgan fingerprint density at radius 3 is 2.78 bits per heavy atom. The van der Waals surface area contributed by atoms with Gasteiger partial charge in [0.05, 0.1) is 12.7 Å². The zero-order valence-electron chi connectivity index (χ0n) is 11.1. The summed E-state index contributed by atoms with van der Waals surface area (Å²) in [5.74, 6) is 1.70. The third-order valence-electron chi connectivity index (χ3n) is 2.66. The minimum atomic E-state index is 0.806. The fourth-order valence-corrected chi connectivity index (χ4v) is 1.79. The molecule has 0 unspecified atom stereocenters. The van der Waals surface area contributed by atoms with E-state index < -0.39 is 0 Å². The second kappa shape index (κ2) is 5.62. The first-order chi connectivity index (χ1) is 8.67. The maximum atomic E-state index is 4.37. The predicted octanol–water partition coefficient (Wildman–Crippen LogP) is 1.96. The molecule has 0 saturated carbocycles. The molecule has 2 aromatic rings. The van der Waals surface area contributed by atoms with E-state index in [9.17, 15) is 0 Å². The zero-order valence-corrected chi connectivity index (χ0v) is 11.1. The molecule has 0 fully saturated rings. The normalized spacial score (nSPS) is 10.6. The standard InChI is InChI=1S/C13H19N5/c1-4-12-7-13(17-11(3)16-12)14-5-6-18-9-10(2)8-15-18/h7-9H,4-6H2,1-3H3,(H,14,16,17). The Morgan fingerprint density at radius 1 is 1.28 bits per heavy atom. The lowest BCUT2D eigenvalue weighted by Gasteiger charge is -2.07. The fraction of sp³-hybridized carbons (Fsp3) is 0.462. The van der Waals surface area contributed by atoms with Crippen LogP contribution in [-0.2, 0) is 13.0 Å². The fourth-order valence-electron chi connectivity index (χ4n) is 1.79. The van der Waals surface area contributed by atoms with Crippen LogP contribution in [0, 0.1) is 13.8 Å². The molecule has 0 amide bonds. The molecule has 0 radical (unpaired) electrons. The molecule has 1 N–H and O–H groups in total. The molecule has 0 atom stereocenters. The van der Waals surface area contributed by atoms with Gasteiger partial charge in [-0.25, -0.2) is 9.97 Å². The summed E-state index contributed by atoms with van der Waals surface area (Å²) >= 11 is 0. The van der Waals surface area contributed by atoms with Gasteiger partial charge in [0.25, 0.3) is 0 Å². The van der Waals surface area contributed by atoms with E-state index in [1.807, 2.05) is 37.0 Å². The molecule has 5 heteroatoms. The predicted molar refractivity (Wildman–Crippen MR) is 71.6 cm³/mol. The van der Waals surface area contributed by atoms with Crippen molar-refractivity contribution in [1.82, 2.24) is 19.7 Å². The van der Waals surface area contributed by atoms with Gasteiger partial charge in [-0.3, -0.25) is 4.68 Å². The molecule has 96 valence electrons. The maximum Gasteiger partial charge on any atom is 0.129 e. The van der Waals surface area contributed by atoms with Crippen LogP contribution in [-0.4, -0.2) is 26.3 Å². The summed E-state index contributed by atoms with van der Waals surface area (Å²) < 4.78 is 1.93. The Bertz CT molecular complexity index is 518. The minimum absolute atomic E-state index is 0.806. The van der Waals surface area contributed by atoms with E-state index in [2.05, 4.69) is 27.3 Å². The Labute approximate surface area is 107 Å². The highest BCUT2D eigenvalue weighted by Gasteiger charge is 2.00. The monoisotopic (exact) mass is 245 g/mol. The van der Waals surface area contributed by atoms with Crippen molar-refractivity contribution in [2.24, 2.45) is 0 Å². The van der Waals surface area contributed by atoms with Gasteiger partial charge in [0, 0.05) is 24.5 Å². The van der Waals surface area contributed by atoms with E-state index in [1.165, 1.54) is 5.56 Å². The lowest BCUT2D eigenvalue weighted by molar-refractivity contribution is 0.636. The first kappa shape index (κ1) is 12.5. The Kier molecular flexibility index (Phi) is 3.92. The molecular weight excluding hydrogens is 226 g/mol. The quantitative estimate of drug-likeness (QED) is 0.875. The van der Waals surface area contributed by atoms with E-state index in [1.54, 1.807) is 0 Å². The summed E-state index contributed by atoms with van der Waals surface area (Å²) in [6, 6.07) is 2.00. The molecule has 18 heavy (non-hydrogen) atoms. The van der Waals surface area contributed by atoms with Crippen LogP contribution < -0.4 is 5.32 Å². The molecule has 0 bridgehead atoms. The van der Waals surface area contributed by atoms with Crippen molar-refractivity contribution >= 4 is 5.82 Å². The van der Waals surface area contributed by atoms with Gasteiger partial charge >= 0.3 is 0 Å². The summed E-state index contributed by atoms with van der Waals surface area (Å²) in [6.45, 7) is 7.69. The van der Waals surface area contributed by atoms with E-state index in [0.717, 1.165) is 36.8 Å². The van der Waals surface area contributed by atoms with Crippen molar-refractivity contribution in [3.8, 4) is 0 Å². The molecule has 0 aliphatic heterocycles. The second-order valence-electron chi connectivity index (χ2n) is 4.35. The lowest BCUT2D eigenvalue weighted by atomic mass is 10.3. The smallest absolute Gasteiger partial charge is 0.129 e. The van der Waals surface area contributed by atoms with E-state index in [4.69, 9.17) is 0 Å². The molecule has 0 aliphatic carbocycles. The molecule has 2 rings (SSSR count). The van der Waals surface area contributed by atoms with Gasteiger partial charge < -0.3 is 5.32 Å². The van der Waals surface area contributed by atoms with E-state index >= 15 is 0 Å². The average molecular weight is 245 g/mol. The summed E-state index contributed by atoms with van der Waals surface area (Å²) in [7, 11) is 0. The Balaban J connectivity index is 1.91. The molecule has 2 heterocycles. The second-order valence-corrected chi connectivity index (χ2v) is 4.35. The minimum Gasteiger partial charge on any atom is -0.368 e. The number of anilines is 1. The highest BCUT2D eigenvalue weighted by molar-refractivity contribution is 5.35. The number of aryl methyl sites for hydroxylation is 3. The van der Waals surface area contributed by atoms with Crippen LogP contribution in [0.5, 0.6) is 0 Å². The van der Waals surface area contributed by atoms with Crippen LogP contribution in [0.15, 0.2) is 18.5 Å². The number of hydrogen-bond acceptors (Lipinski definition) is 4. The van der Waals surface area contributed by atoms with Crippen molar-refractivity contribution in [1.29, 1.82) is 0 Å². The Hall–Kier alpha value is -1.91. The van der Waals surface area contributed by atoms with Gasteiger partial charge in [0.1, 0.15) is 11.6 Å². The largest absolute Gasteiger partial charge is 0.368 e. The number of aromatic nitrogens is 4. The molecular formula is C13H19N5. The van der Waals surface area contributed by atoms with Crippen LogP contribution in [0.25, 0.3) is 0 Å². The average Bonchev–Trinajstić information content (AvgIpc) is 2.74. The number of nitrogens with one attached hydrogen (secondary N) is 1. The zero-order chi connectivity index (χ0) is 13.0. The Morgan fingerprint density at radius 2 is 2.11 bits per heavy atom. The number of hydrogen-bond donors (Lipinski definition) is 1. The van der Waals surface area contributed by atoms with Gasteiger partial charge in [0.15, 0.2) is 0 Å². The van der Waals surface area contributed by atoms with Gasteiger partial charge in [-0.1, -0.05) is 6.92 Å². The van der Waals surface area contributed by atoms with Crippen LogP contribution in [0.1, 0.15) is 24.0 Å². The van der Waals surface area contributed by atoms with Crippen LogP contribution in [0.3, 0.4) is 0 Å². The third kappa shape index (κ3) is 3.29. The molecule has 0 aliphatic rings. The van der Waals surface area contributed by atoms with E-state index in [0.29, 0.717) is 0 Å². The molecule has 0 aromatic carbocycles. The van der Waals surface area contributed by atoms with Crippen LogP contribution >= 0.6 is 0 Å². The lowest BCUT2D eigenvalue weighted by Crippen LogP contribution is -2.12. The maximum absolute atomic E-state index is 4.37. The van der Waals surface area contributed by atoms with Crippen molar-refractivity contribution in [2.75, 3.05) is 11.9 Å². The highest BCUT2D eigenvalue weighted by Crippen LogP contribution is 2.07. The first-order valence-corrected chi connectivity index (χ1v) is 6.25. The molecule has 0 spiro atoms. The third-order valence-corrected chi connectivity index (χ3v) is 2.66. The van der Waals surface area contributed by atoms with E-state index in [-0.39, 0.29) is 0 Å². The molecule has 2 aromatic heterocycles. The van der Waals surface area contributed by atoms with Gasteiger partial charge in [0.2, 0.25) is 0 Å². The van der Waals surface area contributed by atoms with Crippen molar-refractivity contribution < 1.29 is 0 Å². The summed E-state index contributed by atoms with van der Waals surface area (Å²) in [5, 5.41) is 7.55. The van der Waals surface area contributed by atoms with Gasteiger partial charge in [-0.2, -0.15) is 5.10 Å². The molecule has 5 nitrogen and oxygen atoms in total. The first-order valence-electron chi connectivity index (χ1n) is 6.25. The summed E-state index contributed by atoms with van der Waals surface area (Å²) in [4.78, 5) is 8.72. The SMILES string of the molecule is CCc1cc(NCCn2cc(C)cn2)nc(C)n1. The summed E-state index contributed by atoms with van der Waals surface area (Å²) in [5.41, 5.74) is 2.25. The number of nitrogens with zero attached hydrogens (tertiary/aromatic N) is 4. The van der Waals surface area contributed by atoms with Crippen molar-refractivity contribution in [3.05, 3.63) is 35.5 Å². The number of rotatable bonds is 5. The van der Waals surface area contributed by atoms with Crippen LogP contribution in [0.2, 0.25) is 0 Å². The van der Waals surface area contributed by atoms with Gasteiger partial charge in [-0.05, 0) is 25.8 Å². The topological polar surface area (TPSA) is 55.6 Å².